The molecule has 0 spiro atoms. The van der Waals surface area contributed by atoms with Crippen LogP contribution in [0.2, 0.25) is 0 Å². The van der Waals surface area contributed by atoms with Crippen molar-refractivity contribution in [2.45, 2.75) is 39.2 Å². The monoisotopic (exact) mass is 282 g/mol. The van der Waals surface area contributed by atoms with Crippen LogP contribution in [0.5, 0.6) is 0 Å². The Bertz CT molecular complexity index is 459. The highest BCUT2D eigenvalue weighted by atomic mass is 32.1. The lowest BCUT2D eigenvalue weighted by Gasteiger charge is -2.16. The maximum absolute atomic E-state index is 12.3. The zero-order valence-corrected chi connectivity index (χ0v) is 12.6. The molecule has 0 bridgehead atoms. The Morgan fingerprint density at radius 3 is 2.89 bits per heavy atom. The summed E-state index contributed by atoms with van der Waals surface area (Å²) in [5, 5.41) is 3.88. The molecular formula is C13H22N4OS. The average Bonchev–Trinajstić information content (AvgIpc) is 2.95. The molecule has 1 aliphatic carbocycles. The van der Waals surface area contributed by atoms with Gasteiger partial charge in [0.15, 0.2) is 5.13 Å². The summed E-state index contributed by atoms with van der Waals surface area (Å²) in [6, 6.07) is 0.279. The smallest absolute Gasteiger partial charge is 0.265 e. The number of nitrogen functional groups attached to an aromatic ring is 1. The third-order valence-corrected chi connectivity index (χ3v) is 5.01. The number of rotatable bonds is 4. The van der Waals surface area contributed by atoms with E-state index in [4.69, 9.17) is 5.73 Å². The molecule has 1 fully saturated rings. The van der Waals surface area contributed by atoms with Crippen LogP contribution >= 0.6 is 11.3 Å². The van der Waals surface area contributed by atoms with E-state index in [0.717, 1.165) is 18.1 Å². The van der Waals surface area contributed by atoms with E-state index in [-0.39, 0.29) is 11.9 Å². The van der Waals surface area contributed by atoms with Crippen molar-refractivity contribution in [3.05, 3.63) is 4.88 Å². The van der Waals surface area contributed by atoms with Crippen LogP contribution in [0, 0.1) is 5.92 Å². The Labute approximate surface area is 118 Å². The molecular weight excluding hydrogens is 260 g/mol. The fourth-order valence-corrected chi connectivity index (χ4v) is 3.29. The normalized spacial score (nSPS) is 22.5. The molecule has 0 aromatic carbocycles. The summed E-state index contributed by atoms with van der Waals surface area (Å²) in [7, 11) is 1.94. The Kier molecular flexibility index (Phi) is 4.29. The molecule has 1 heterocycles. The molecule has 5 nitrogen and oxygen atoms in total. The van der Waals surface area contributed by atoms with Crippen molar-refractivity contribution >= 4 is 28.2 Å². The summed E-state index contributed by atoms with van der Waals surface area (Å²) in [4.78, 5) is 19.0. The second-order valence-electron chi connectivity index (χ2n) is 5.21. The van der Waals surface area contributed by atoms with Gasteiger partial charge in [-0.25, -0.2) is 4.98 Å². The quantitative estimate of drug-likeness (QED) is 0.887. The first-order chi connectivity index (χ1) is 9.02. The third-order valence-electron chi connectivity index (χ3n) is 3.83. The molecule has 1 saturated carbocycles. The lowest BCUT2D eigenvalue weighted by molar-refractivity contribution is 0.0934. The first-order valence-corrected chi connectivity index (χ1v) is 7.62. The number of nitrogens with zero attached hydrogens (tertiary/aromatic N) is 2. The number of aromatic nitrogens is 1. The number of hydrogen-bond donors (Lipinski definition) is 2. The van der Waals surface area contributed by atoms with Crippen molar-refractivity contribution in [3.63, 3.8) is 0 Å². The van der Waals surface area contributed by atoms with E-state index >= 15 is 0 Å². The van der Waals surface area contributed by atoms with Crippen molar-refractivity contribution in [3.8, 4) is 0 Å². The van der Waals surface area contributed by atoms with Crippen LogP contribution in [0.25, 0.3) is 0 Å². The summed E-state index contributed by atoms with van der Waals surface area (Å²) < 4.78 is 0. The number of nitrogens with two attached hydrogens (primary N) is 1. The fraction of sp³-hybridized carbons (Fsp3) is 0.692. The molecule has 2 unspecified atom stereocenters. The highest BCUT2D eigenvalue weighted by Crippen LogP contribution is 2.29. The molecule has 2 rings (SSSR count). The lowest BCUT2D eigenvalue weighted by atomic mass is 10.1. The van der Waals surface area contributed by atoms with Crippen LogP contribution in [0.4, 0.5) is 10.9 Å². The van der Waals surface area contributed by atoms with Crippen molar-refractivity contribution in [2.24, 2.45) is 5.92 Å². The van der Waals surface area contributed by atoms with E-state index in [1.54, 1.807) is 0 Å². The van der Waals surface area contributed by atoms with Crippen molar-refractivity contribution in [1.82, 2.24) is 10.3 Å². The molecule has 0 saturated heterocycles. The topological polar surface area (TPSA) is 71.2 Å². The number of nitrogens with one attached hydrogen (secondary N) is 1. The summed E-state index contributed by atoms with van der Waals surface area (Å²) in [6.07, 6.45) is 3.44. The summed E-state index contributed by atoms with van der Waals surface area (Å²) >= 11 is 1.36. The number of carbonyl (C=O) groups excluding carboxylic acids is 1. The lowest BCUT2D eigenvalue weighted by Crippen LogP contribution is -2.36. The van der Waals surface area contributed by atoms with E-state index < -0.39 is 0 Å². The maximum atomic E-state index is 12.3. The Hall–Kier alpha value is -1.30. The van der Waals surface area contributed by atoms with Crippen LogP contribution in [-0.4, -0.2) is 30.5 Å². The highest BCUT2D eigenvalue weighted by Gasteiger charge is 2.27. The predicted molar refractivity (Wildman–Crippen MR) is 79.7 cm³/mol. The zero-order valence-electron chi connectivity index (χ0n) is 11.8. The second-order valence-corrected chi connectivity index (χ2v) is 6.19. The number of thiazole rings is 1. The first-order valence-electron chi connectivity index (χ1n) is 6.81. The van der Waals surface area contributed by atoms with Gasteiger partial charge in [-0.1, -0.05) is 24.7 Å². The number of hydrogen-bond acceptors (Lipinski definition) is 5. The van der Waals surface area contributed by atoms with Gasteiger partial charge in [0.1, 0.15) is 10.7 Å². The molecule has 106 valence electrons. The van der Waals surface area contributed by atoms with Gasteiger partial charge in [0.25, 0.3) is 5.91 Å². The van der Waals surface area contributed by atoms with Crippen LogP contribution in [0.3, 0.4) is 0 Å². The minimum Gasteiger partial charge on any atom is -0.382 e. The number of anilines is 2. The van der Waals surface area contributed by atoms with Crippen LogP contribution < -0.4 is 16.0 Å². The maximum Gasteiger partial charge on any atom is 0.265 e. The van der Waals surface area contributed by atoms with Gasteiger partial charge in [0, 0.05) is 19.6 Å². The molecule has 2 atom stereocenters. The zero-order chi connectivity index (χ0) is 14.0. The van der Waals surface area contributed by atoms with Gasteiger partial charge in [-0.3, -0.25) is 4.79 Å². The SMILES string of the molecule is CCN(C)c1nc(N)c(C(=O)NC2CCCC2C)s1. The van der Waals surface area contributed by atoms with E-state index in [1.165, 1.54) is 24.2 Å². The predicted octanol–water partition coefficient (Wildman–Crippen LogP) is 2.10. The average molecular weight is 282 g/mol. The van der Waals surface area contributed by atoms with Gasteiger partial charge in [-0.2, -0.15) is 0 Å². The minimum absolute atomic E-state index is 0.0792. The van der Waals surface area contributed by atoms with Gasteiger partial charge in [0.05, 0.1) is 0 Å². The Morgan fingerprint density at radius 2 is 2.32 bits per heavy atom. The van der Waals surface area contributed by atoms with E-state index in [0.29, 0.717) is 16.6 Å². The molecule has 19 heavy (non-hydrogen) atoms. The molecule has 0 aliphatic heterocycles. The fourth-order valence-electron chi connectivity index (χ4n) is 2.38. The standard InChI is InChI=1S/C13H22N4OS/c1-4-17(3)13-16-11(14)10(19-13)12(18)15-9-7-5-6-8(9)2/h8-9H,4-7,14H2,1-3H3,(H,15,18). The van der Waals surface area contributed by atoms with Gasteiger partial charge in [-0.05, 0) is 25.7 Å². The van der Waals surface area contributed by atoms with Gasteiger partial charge >= 0.3 is 0 Å². The van der Waals surface area contributed by atoms with Crippen LogP contribution in [0.15, 0.2) is 0 Å². The molecule has 1 aromatic heterocycles. The van der Waals surface area contributed by atoms with Crippen LogP contribution in [0.1, 0.15) is 42.8 Å². The molecule has 1 aromatic rings. The largest absolute Gasteiger partial charge is 0.382 e. The molecule has 3 N–H and O–H groups in total. The van der Waals surface area contributed by atoms with Gasteiger partial charge in [-0.15, -0.1) is 0 Å². The van der Waals surface area contributed by atoms with E-state index in [9.17, 15) is 4.79 Å². The highest BCUT2D eigenvalue weighted by molar-refractivity contribution is 7.18. The van der Waals surface area contributed by atoms with Gasteiger partial charge < -0.3 is 16.0 Å². The molecule has 1 amide bonds. The van der Waals surface area contributed by atoms with Crippen molar-refractivity contribution in [1.29, 1.82) is 0 Å². The summed E-state index contributed by atoms with van der Waals surface area (Å²) in [5.41, 5.74) is 5.86. The second kappa shape index (κ2) is 5.77. The molecule has 1 aliphatic rings. The summed E-state index contributed by atoms with van der Waals surface area (Å²) in [5.74, 6) is 0.809. The van der Waals surface area contributed by atoms with Gasteiger partial charge in [0.2, 0.25) is 0 Å². The van der Waals surface area contributed by atoms with Crippen molar-refractivity contribution < 1.29 is 4.79 Å². The minimum atomic E-state index is -0.0792. The number of carbonyl (C=O) groups is 1. The van der Waals surface area contributed by atoms with Crippen LogP contribution in [-0.2, 0) is 0 Å². The Morgan fingerprint density at radius 1 is 1.58 bits per heavy atom. The third kappa shape index (κ3) is 3.00. The molecule has 0 radical (unpaired) electrons. The summed E-state index contributed by atoms with van der Waals surface area (Å²) in [6.45, 7) is 5.06. The van der Waals surface area contributed by atoms with E-state index in [2.05, 4.69) is 17.2 Å². The first kappa shape index (κ1) is 14.1. The molecule has 6 heteroatoms. The van der Waals surface area contributed by atoms with Crippen molar-refractivity contribution in [2.75, 3.05) is 24.2 Å². The van der Waals surface area contributed by atoms with E-state index in [1.807, 2.05) is 18.9 Å². The number of amides is 1. The Balaban J connectivity index is 2.08.